The molecule has 1 aromatic carbocycles. The van der Waals surface area contributed by atoms with Gasteiger partial charge in [0.15, 0.2) is 5.75 Å². The first-order chi connectivity index (χ1) is 12.3. The Kier molecular flexibility index (Phi) is 4.53. The maximum Gasteiger partial charge on any atom is 0.412 e. The summed E-state index contributed by atoms with van der Waals surface area (Å²) in [5.41, 5.74) is 3.06. The van der Waals surface area contributed by atoms with E-state index in [-0.39, 0.29) is 13.2 Å². The van der Waals surface area contributed by atoms with Gasteiger partial charge in [0.25, 0.3) is 0 Å². The maximum absolute atomic E-state index is 11.9. The number of carboxylic acid groups (broad SMARTS) is 1. The van der Waals surface area contributed by atoms with Gasteiger partial charge in [0.05, 0.1) is 42.4 Å². The highest BCUT2D eigenvalue weighted by atomic mass is 16.7. The molecule has 2 aromatic rings. The minimum Gasteiger partial charge on any atom is -0.465 e. The Morgan fingerprint density at radius 1 is 1.38 bits per heavy atom. The molecule has 1 aromatic heterocycles. The van der Waals surface area contributed by atoms with E-state index in [1.807, 2.05) is 13.0 Å². The lowest BCUT2D eigenvalue weighted by Gasteiger charge is -2.35. The van der Waals surface area contributed by atoms with Gasteiger partial charge in [-0.15, -0.1) is 0 Å². The molecule has 0 atom stereocenters. The van der Waals surface area contributed by atoms with Gasteiger partial charge in [0.1, 0.15) is 0 Å². The van der Waals surface area contributed by atoms with Gasteiger partial charge in [-0.05, 0) is 24.6 Å². The van der Waals surface area contributed by atoms with E-state index in [4.69, 9.17) is 14.7 Å². The summed E-state index contributed by atoms with van der Waals surface area (Å²) in [5.74, 6) is -0.232. The van der Waals surface area contributed by atoms with Crippen molar-refractivity contribution in [3.63, 3.8) is 0 Å². The summed E-state index contributed by atoms with van der Waals surface area (Å²) in [4.78, 5) is 17.4. The summed E-state index contributed by atoms with van der Waals surface area (Å²) >= 11 is 0. The third kappa shape index (κ3) is 3.46. The number of carbonyl (C=O) groups is 1. The molecule has 0 radical (unpaired) electrons. The number of fused-ring (bicyclic) bond motifs is 1. The van der Waals surface area contributed by atoms with Crippen LogP contribution in [0.1, 0.15) is 36.2 Å². The molecule has 0 bridgehead atoms. The molecule has 7 nitrogen and oxygen atoms in total. The number of hydrogen-bond acceptors (Lipinski definition) is 5. The molecule has 0 aliphatic carbocycles. The van der Waals surface area contributed by atoms with Crippen molar-refractivity contribution in [2.45, 2.75) is 39.7 Å². The second-order valence-corrected chi connectivity index (χ2v) is 6.50. The lowest BCUT2D eigenvalue weighted by Crippen LogP contribution is -2.37. The van der Waals surface area contributed by atoms with Crippen LogP contribution in [0.5, 0.6) is 5.75 Å². The maximum atomic E-state index is 11.9. The Balaban J connectivity index is 1.99. The smallest absolute Gasteiger partial charge is 0.412 e. The Hall–Kier alpha value is -3.11. The van der Waals surface area contributed by atoms with Crippen LogP contribution in [0, 0.1) is 18.3 Å². The summed E-state index contributed by atoms with van der Waals surface area (Å²) in [5, 5.41) is 18.6. The summed E-state index contributed by atoms with van der Waals surface area (Å²) < 4.78 is 11.6. The largest absolute Gasteiger partial charge is 0.465 e. The number of amides is 1. The number of aromatic nitrogens is 1. The van der Waals surface area contributed by atoms with Crippen LogP contribution >= 0.6 is 0 Å². The molecule has 0 fully saturated rings. The molecule has 1 N–H and O–H groups in total. The Labute approximate surface area is 151 Å². The summed E-state index contributed by atoms with van der Waals surface area (Å²) in [7, 11) is 0. The van der Waals surface area contributed by atoms with E-state index in [9.17, 15) is 9.90 Å². The fraction of sp³-hybridized carbons (Fsp3) is 0.316. The monoisotopic (exact) mass is 353 g/mol. The molecule has 7 heteroatoms. The number of nitriles is 1. The van der Waals surface area contributed by atoms with E-state index < -0.39 is 11.9 Å². The van der Waals surface area contributed by atoms with Crippen molar-refractivity contribution >= 4 is 11.8 Å². The normalized spacial score (nSPS) is 14.7. The molecular formula is C19H19N3O4. The van der Waals surface area contributed by atoms with Crippen molar-refractivity contribution in [2.24, 2.45) is 0 Å². The highest BCUT2D eigenvalue weighted by Crippen LogP contribution is 2.39. The number of hydrogen-bond donors (Lipinski definition) is 1. The van der Waals surface area contributed by atoms with Crippen molar-refractivity contribution in [3.05, 3.63) is 52.8 Å². The number of rotatable bonds is 3. The minimum absolute atomic E-state index is 0.127. The fourth-order valence-corrected chi connectivity index (χ4v) is 2.78. The number of ether oxygens (including phenoxy) is 2. The Bertz CT molecular complexity index is 885. The van der Waals surface area contributed by atoms with Crippen LogP contribution in [-0.4, -0.2) is 22.0 Å². The van der Waals surface area contributed by atoms with Gasteiger partial charge >= 0.3 is 6.09 Å². The number of aryl methyl sites for hydroxylation is 1. The average molecular weight is 353 g/mol. The van der Waals surface area contributed by atoms with Gasteiger partial charge < -0.3 is 14.6 Å². The molecule has 2 heterocycles. The number of benzene rings is 1. The van der Waals surface area contributed by atoms with Gasteiger partial charge in [-0.3, -0.25) is 9.88 Å². The molecule has 0 saturated heterocycles. The highest BCUT2D eigenvalue weighted by molar-refractivity contribution is 5.87. The molecule has 1 amide bonds. The first-order valence-electron chi connectivity index (χ1n) is 8.11. The Morgan fingerprint density at radius 3 is 2.69 bits per heavy atom. The summed E-state index contributed by atoms with van der Waals surface area (Å²) in [6, 6.07) is 8.83. The van der Waals surface area contributed by atoms with Crippen LogP contribution in [0.15, 0.2) is 30.5 Å². The molecule has 3 rings (SSSR count). The van der Waals surface area contributed by atoms with Crippen LogP contribution < -0.4 is 9.64 Å². The van der Waals surface area contributed by atoms with E-state index >= 15 is 0 Å². The van der Waals surface area contributed by atoms with Crippen LogP contribution in [-0.2, 0) is 17.9 Å². The molecule has 134 valence electrons. The van der Waals surface area contributed by atoms with Crippen molar-refractivity contribution in [1.29, 1.82) is 5.26 Å². The van der Waals surface area contributed by atoms with Crippen molar-refractivity contribution < 1.29 is 19.4 Å². The van der Waals surface area contributed by atoms with E-state index in [1.165, 1.54) is 11.1 Å². The zero-order chi connectivity index (χ0) is 18.9. The van der Waals surface area contributed by atoms with Gasteiger partial charge in [0.2, 0.25) is 5.79 Å². The first kappa shape index (κ1) is 17.7. The van der Waals surface area contributed by atoms with Gasteiger partial charge in [-0.25, -0.2) is 4.79 Å². The molecular weight excluding hydrogens is 334 g/mol. The molecule has 1 aliphatic heterocycles. The van der Waals surface area contributed by atoms with Crippen molar-refractivity contribution in [1.82, 2.24) is 4.98 Å². The predicted octanol–water partition coefficient (Wildman–Crippen LogP) is 3.59. The van der Waals surface area contributed by atoms with Crippen LogP contribution in [0.4, 0.5) is 10.5 Å². The van der Waals surface area contributed by atoms with E-state index in [0.29, 0.717) is 28.3 Å². The number of pyridine rings is 1. The molecule has 0 spiro atoms. The van der Waals surface area contributed by atoms with E-state index in [1.54, 1.807) is 38.1 Å². The van der Waals surface area contributed by atoms with Gasteiger partial charge in [0, 0.05) is 19.4 Å². The predicted molar refractivity (Wildman–Crippen MR) is 93.8 cm³/mol. The lowest BCUT2D eigenvalue weighted by molar-refractivity contribution is -0.180. The molecule has 1 aliphatic rings. The van der Waals surface area contributed by atoms with Gasteiger partial charge in [-0.1, -0.05) is 12.1 Å². The second-order valence-electron chi connectivity index (χ2n) is 6.50. The molecule has 0 saturated carbocycles. The van der Waals surface area contributed by atoms with Gasteiger partial charge in [-0.2, -0.15) is 5.26 Å². The topological polar surface area (TPSA) is 95.7 Å². The minimum atomic E-state index is -1.10. The summed E-state index contributed by atoms with van der Waals surface area (Å²) in [6.45, 7) is 5.77. The van der Waals surface area contributed by atoms with Crippen LogP contribution in [0.25, 0.3) is 0 Å². The number of nitrogens with zero attached hydrogens (tertiary/aromatic N) is 3. The van der Waals surface area contributed by atoms with Crippen molar-refractivity contribution in [2.75, 3.05) is 4.90 Å². The lowest BCUT2D eigenvalue weighted by atomic mass is 10.1. The zero-order valence-corrected chi connectivity index (χ0v) is 14.8. The SMILES string of the molecule is Cc1ncc(N(Cc2ccc(C#N)cc2)C(=O)O)c2c1OC(C)(C)OC2. The van der Waals surface area contributed by atoms with E-state index in [2.05, 4.69) is 4.98 Å². The standard InChI is InChI=1S/C19H19N3O4/c1-12-17-15(11-25-19(2,3)26-17)16(9-21-12)22(18(23)24)10-14-6-4-13(8-20)5-7-14/h4-7,9H,10-11H2,1-3H3,(H,23,24). The van der Waals surface area contributed by atoms with Crippen molar-refractivity contribution in [3.8, 4) is 11.8 Å². The fourth-order valence-electron chi connectivity index (χ4n) is 2.78. The molecule has 26 heavy (non-hydrogen) atoms. The Morgan fingerprint density at radius 2 is 2.08 bits per heavy atom. The third-order valence-corrected chi connectivity index (χ3v) is 4.15. The van der Waals surface area contributed by atoms with Crippen LogP contribution in [0.3, 0.4) is 0 Å². The van der Waals surface area contributed by atoms with E-state index in [0.717, 1.165) is 5.56 Å². The van der Waals surface area contributed by atoms with Crippen LogP contribution in [0.2, 0.25) is 0 Å². The summed E-state index contributed by atoms with van der Waals surface area (Å²) in [6.07, 6.45) is 0.420. The molecule has 0 unspecified atom stereocenters. The number of anilines is 1. The second kappa shape index (κ2) is 6.65. The average Bonchev–Trinajstić information content (AvgIpc) is 2.60. The quantitative estimate of drug-likeness (QED) is 0.906. The highest BCUT2D eigenvalue weighted by Gasteiger charge is 2.32. The zero-order valence-electron chi connectivity index (χ0n) is 14.8. The first-order valence-corrected chi connectivity index (χ1v) is 8.11. The third-order valence-electron chi connectivity index (χ3n) is 4.15.